The van der Waals surface area contributed by atoms with Crippen molar-refractivity contribution in [3.8, 4) is 11.3 Å². The highest BCUT2D eigenvalue weighted by atomic mass is 16.3. The van der Waals surface area contributed by atoms with Crippen LogP contribution >= 0.6 is 0 Å². The molecule has 1 aromatic carbocycles. The van der Waals surface area contributed by atoms with Crippen molar-refractivity contribution in [1.29, 1.82) is 0 Å². The number of rotatable bonds is 6. The van der Waals surface area contributed by atoms with E-state index < -0.39 is 0 Å². The summed E-state index contributed by atoms with van der Waals surface area (Å²) in [5, 5.41) is 3.58. The Labute approximate surface area is 149 Å². The third kappa shape index (κ3) is 4.31. The van der Waals surface area contributed by atoms with Crippen LogP contribution in [0, 0.1) is 5.92 Å². The van der Waals surface area contributed by atoms with Gasteiger partial charge in [0.2, 0.25) is 5.91 Å². The highest BCUT2D eigenvalue weighted by Crippen LogP contribution is 2.30. The van der Waals surface area contributed by atoms with E-state index in [9.17, 15) is 4.79 Å². The molecule has 1 saturated carbocycles. The van der Waals surface area contributed by atoms with E-state index in [2.05, 4.69) is 22.3 Å². The van der Waals surface area contributed by atoms with E-state index in [4.69, 9.17) is 4.42 Å². The Morgan fingerprint density at radius 2 is 1.88 bits per heavy atom. The summed E-state index contributed by atoms with van der Waals surface area (Å²) < 4.78 is 5.96. The molecule has 1 aliphatic carbocycles. The predicted octanol–water partition coefficient (Wildman–Crippen LogP) is 3.83. The summed E-state index contributed by atoms with van der Waals surface area (Å²) >= 11 is 0. The Bertz CT molecular complexity index is 706. The minimum Gasteiger partial charge on any atom is -0.460 e. The summed E-state index contributed by atoms with van der Waals surface area (Å²) in [4.78, 5) is 14.3. The van der Waals surface area contributed by atoms with Crippen LogP contribution in [0.1, 0.15) is 37.9 Å². The van der Waals surface area contributed by atoms with Gasteiger partial charge < -0.3 is 14.6 Å². The van der Waals surface area contributed by atoms with Gasteiger partial charge in [-0.15, -0.1) is 0 Å². The second-order valence-electron chi connectivity index (χ2n) is 7.32. The number of likely N-dealkylation sites (tertiary alicyclic amines) is 1. The molecule has 25 heavy (non-hydrogen) atoms. The van der Waals surface area contributed by atoms with E-state index in [0.717, 1.165) is 48.9 Å². The molecule has 1 saturated heterocycles. The van der Waals surface area contributed by atoms with Gasteiger partial charge in [0.15, 0.2) is 0 Å². The maximum absolute atomic E-state index is 12.2. The fourth-order valence-electron chi connectivity index (χ4n) is 3.52. The van der Waals surface area contributed by atoms with Gasteiger partial charge in [-0.1, -0.05) is 30.3 Å². The van der Waals surface area contributed by atoms with Crippen molar-refractivity contribution in [2.24, 2.45) is 5.92 Å². The van der Waals surface area contributed by atoms with E-state index in [0.29, 0.717) is 24.9 Å². The minimum absolute atomic E-state index is 0.334. The first kappa shape index (κ1) is 16.4. The lowest BCUT2D eigenvalue weighted by atomic mass is 10.1. The summed E-state index contributed by atoms with van der Waals surface area (Å²) in [7, 11) is 0. The van der Waals surface area contributed by atoms with E-state index in [1.54, 1.807) is 0 Å². The summed E-state index contributed by atoms with van der Waals surface area (Å²) in [5.41, 5.74) is 1.10. The summed E-state index contributed by atoms with van der Waals surface area (Å²) in [6.07, 6.45) is 5.22. The van der Waals surface area contributed by atoms with Crippen LogP contribution in [0.25, 0.3) is 11.3 Å². The highest BCUT2D eigenvalue weighted by molar-refractivity contribution is 5.76. The van der Waals surface area contributed by atoms with Gasteiger partial charge in [0.05, 0.1) is 6.54 Å². The van der Waals surface area contributed by atoms with Crippen molar-refractivity contribution in [3.05, 3.63) is 48.2 Å². The number of amides is 1. The molecular formula is C21H26N2O2. The number of nitrogens with one attached hydrogen (secondary N) is 1. The number of furan rings is 1. The third-order valence-electron chi connectivity index (χ3n) is 5.27. The molecule has 4 heteroatoms. The molecular weight excluding hydrogens is 312 g/mol. The Hall–Kier alpha value is -2.07. The fourth-order valence-corrected chi connectivity index (χ4v) is 3.52. The molecule has 2 aromatic rings. The van der Waals surface area contributed by atoms with E-state index >= 15 is 0 Å². The molecule has 1 unspecified atom stereocenters. The average molecular weight is 338 g/mol. The first-order valence-corrected chi connectivity index (χ1v) is 9.43. The molecule has 132 valence electrons. The van der Waals surface area contributed by atoms with Crippen molar-refractivity contribution in [2.45, 2.75) is 44.7 Å². The summed E-state index contributed by atoms with van der Waals surface area (Å²) in [6, 6.07) is 14.6. The molecule has 2 heterocycles. The Balaban J connectivity index is 1.29. The van der Waals surface area contributed by atoms with Crippen LogP contribution in [0.3, 0.4) is 0 Å². The molecule has 4 nitrogen and oxygen atoms in total. The Kier molecular flexibility index (Phi) is 4.88. The quantitative estimate of drug-likeness (QED) is 0.871. The molecule has 1 atom stereocenters. The molecule has 1 amide bonds. The minimum atomic E-state index is 0.334. The van der Waals surface area contributed by atoms with Crippen molar-refractivity contribution in [3.63, 3.8) is 0 Å². The smallest absolute Gasteiger partial charge is 0.222 e. The van der Waals surface area contributed by atoms with Crippen molar-refractivity contribution in [2.75, 3.05) is 13.1 Å². The molecule has 2 aliphatic rings. The molecule has 1 N–H and O–H groups in total. The van der Waals surface area contributed by atoms with Crippen LogP contribution in [0.4, 0.5) is 0 Å². The zero-order chi connectivity index (χ0) is 17.1. The molecule has 0 radical (unpaired) electrons. The SMILES string of the molecule is O=C1CCC(NCc2ccc(-c3ccccc3)o2)CCN1CC1CC1. The molecule has 1 aromatic heterocycles. The maximum atomic E-state index is 12.2. The Morgan fingerprint density at radius 3 is 2.68 bits per heavy atom. The summed E-state index contributed by atoms with van der Waals surface area (Å²) in [5.74, 6) is 2.96. The highest BCUT2D eigenvalue weighted by Gasteiger charge is 2.29. The van der Waals surface area contributed by atoms with Gasteiger partial charge in [0, 0.05) is 31.1 Å². The van der Waals surface area contributed by atoms with Crippen LogP contribution in [-0.2, 0) is 11.3 Å². The number of nitrogens with zero attached hydrogens (tertiary/aromatic N) is 1. The summed E-state index contributed by atoms with van der Waals surface area (Å²) in [6.45, 7) is 2.58. The van der Waals surface area contributed by atoms with Gasteiger partial charge in [0.1, 0.15) is 11.5 Å². The number of hydrogen-bond acceptors (Lipinski definition) is 3. The lowest BCUT2D eigenvalue weighted by molar-refractivity contribution is -0.130. The lowest BCUT2D eigenvalue weighted by Crippen LogP contribution is -2.33. The standard InChI is InChI=1S/C21H26N2O2/c24-21-11-8-18(12-13-23(21)15-16-6-7-16)22-14-19-9-10-20(25-19)17-4-2-1-3-5-17/h1-5,9-10,16,18,22H,6-8,11-15H2. The monoisotopic (exact) mass is 338 g/mol. The van der Waals surface area contributed by atoms with Gasteiger partial charge in [-0.2, -0.15) is 0 Å². The largest absolute Gasteiger partial charge is 0.460 e. The van der Waals surface area contributed by atoms with Crippen LogP contribution in [0.5, 0.6) is 0 Å². The Morgan fingerprint density at radius 1 is 1.04 bits per heavy atom. The molecule has 4 rings (SSSR count). The first-order valence-electron chi connectivity index (χ1n) is 9.43. The first-order chi connectivity index (χ1) is 12.3. The van der Waals surface area contributed by atoms with E-state index in [1.165, 1.54) is 12.8 Å². The van der Waals surface area contributed by atoms with Crippen molar-refractivity contribution >= 4 is 5.91 Å². The topological polar surface area (TPSA) is 45.5 Å². The normalized spacial score (nSPS) is 21.4. The predicted molar refractivity (Wildman–Crippen MR) is 97.9 cm³/mol. The second kappa shape index (κ2) is 7.44. The number of carbonyl (C=O) groups excluding carboxylic acids is 1. The van der Waals surface area contributed by atoms with E-state index in [-0.39, 0.29) is 0 Å². The average Bonchev–Trinajstić information content (AvgIpc) is 3.37. The van der Waals surface area contributed by atoms with Gasteiger partial charge in [-0.05, 0) is 43.7 Å². The molecule has 0 bridgehead atoms. The molecule has 0 spiro atoms. The third-order valence-corrected chi connectivity index (χ3v) is 5.27. The van der Waals surface area contributed by atoms with Gasteiger partial charge in [-0.25, -0.2) is 0 Å². The van der Waals surface area contributed by atoms with Crippen LogP contribution in [0.15, 0.2) is 46.9 Å². The van der Waals surface area contributed by atoms with Gasteiger partial charge in [0.25, 0.3) is 0 Å². The van der Waals surface area contributed by atoms with Gasteiger partial charge >= 0.3 is 0 Å². The zero-order valence-corrected chi connectivity index (χ0v) is 14.6. The van der Waals surface area contributed by atoms with E-state index in [1.807, 2.05) is 30.3 Å². The number of benzene rings is 1. The fraction of sp³-hybridized carbons (Fsp3) is 0.476. The zero-order valence-electron chi connectivity index (χ0n) is 14.6. The van der Waals surface area contributed by atoms with Crippen LogP contribution in [0.2, 0.25) is 0 Å². The lowest BCUT2D eigenvalue weighted by Gasteiger charge is -2.20. The van der Waals surface area contributed by atoms with Crippen molar-refractivity contribution in [1.82, 2.24) is 10.2 Å². The van der Waals surface area contributed by atoms with Crippen molar-refractivity contribution < 1.29 is 9.21 Å². The number of carbonyl (C=O) groups is 1. The maximum Gasteiger partial charge on any atom is 0.222 e. The van der Waals surface area contributed by atoms with Gasteiger partial charge in [-0.3, -0.25) is 4.79 Å². The second-order valence-corrected chi connectivity index (χ2v) is 7.32. The molecule has 2 fully saturated rings. The number of hydrogen-bond donors (Lipinski definition) is 1. The van der Waals surface area contributed by atoms with Crippen LogP contribution < -0.4 is 5.32 Å². The molecule has 1 aliphatic heterocycles. The van der Waals surface area contributed by atoms with Crippen LogP contribution in [-0.4, -0.2) is 29.9 Å².